The molecule has 0 atom stereocenters. The zero-order valence-corrected chi connectivity index (χ0v) is 11.5. The standard InChI is InChI=1S/C16H13ClN2/c1-10-4-2-5-11(8-10)15-12-6-3-7-14(12)19-16(17)13(15)9-18/h2,4-5,8H,3,6-7H2,1H3. The van der Waals surface area contributed by atoms with Crippen LogP contribution in [0.5, 0.6) is 0 Å². The number of hydrogen-bond donors (Lipinski definition) is 0. The first-order valence-corrected chi connectivity index (χ1v) is 6.77. The zero-order chi connectivity index (χ0) is 13.4. The first-order valence-electron chi connectivity index (χ1n) is 6.39. The quantitative estimate of drug-likeness (QED) is 0.731. The van der Waals surface area contributed by atoms with E-state index < -0.39 is 0 Å². The minimum Gasteiger partial charge on any atom is -0.239 e. The van der Waals surface area contributed by atoms with Crippen molar-refractivity contribution in [2.45, 2.75) is 26.2 Å². The molecule has 1 heterocycles. The number of hydrogen-bond acceptors (Lipinski definition) is 2. The number of fused-ring (bicyclic) bond motifs is 1. The molecule has 3 rings (SSSR count). The van der Waals surface area contributed by atoms with Gasteiger partial charge >= 0.3 is 0 Å². The van der Waals surface area contributed by atoms with Gasteiger partial charge in [0.05, 0.1) is 5.56 Å². The van der Waals surface area contributed by atoms with Crippen molar-refractivity contribution >= 4 is 11.6 Å². The van der Waals surface area contributed by atoms with Crippen LogP contribution in [0.15, 0.2) is 24.3 Å². The van der Waals surface area contributed by atoms with E-state index in [9.17, 15) is 5.26 Å². The fourth-order valence-electron chi connectivity index (χ4n) is 2.77. The number of aromatic nitrogens is 1. The van der Waals surface area contributed by atoms with Gasteiger partial charge in [0.2, 0.25) is 0 Å². The largest absolute Gasteiger partial charge is 0.239 e. The van der Waals surface area contributed by atoms with Crippen LogP contribution in [-0.4, -0.2) is 4.98 Å². The second-order valence-corrected chi connectivity index (χ2v) is 5.27. The molecule has 1 aliphatic rings. The van der Waals surface area contributed by atoms with Crippen molar-refractivity contribution in [2.75, 3.05) is 0 Å². The van der Waals surface area contributed by atoms with E-state index in [4.69, 9.17) is 11.6 Å². The SMILES string of the molecule is Cc1cccc(-c2c(C#N)c(Cl)nc3c2CCC3)c1. The van der Waals surface area contributed by atoms with E-state index >= 15 is 0 Å². The van der Waals surface area contributed by atoms with Gasteiger partial charge in [-0.15, -0.1) is 0 Å². The van der Waals surface area contributed by atoms with E-state index in [0.29, 0.717) is 10.7 Å². The van der Waals surface area contributed by atoms with Crippen molar-refractivity contribution in [3.8, 4) is 17.2 Å². The van der Waals surface area contributed by atoms with Gasteiger partial charge < -0.3 is 0 Å². The molecule has 0 radical (unpaired) electrons. The van der Waals surface area contributed by atoms with E-state index in [2.05, 4.69) is 30.1 Å². The van der Waals surface area contributed by atoms with Crippen LogP contribution in [0.4, 0.5) is 0 Å². The number of pyridine rings is 1. The molecular weight excluding hydrogens is 256 g/mol. The minimum atomic E-state index is 0.333. The van der Waals surface area contributed by atoms with E-state index in [1.807, 2.05) is 12.1 Å². The van der Waals surface area contributed by atoms with Gasteiger partial charge in [0.15, 0.2) is 0 Å². The van der Waals surface area contributed by atoms with Gasteiger partial charge in [0.1, 0.15) is 11.2 Å². The summed E-state index contributed by atoms with van der Waals surface area (Å²) in [7, 11) is 0. The third kappa shape index (κ3) is 2.01. The third-order valence-electron chi connectivity index (χ3n) is 3.60. The second kappa shape index (κ2) is 4.68. The van der Waals surface area contributed by atoms with Gasteiger partial charge in [-0.1, -0.05) is 41.4 Å². The average Bonchev–Trinajstić information content (AvgIpc) is 2.84. The lowest BCUT2D eigenvalue weighted by atomic mass is 9.94. The third-order valence-corrected chi connectivity index (χ3v) is 3.87. The summed E-state index contributed by atoms with van der Waals surface area (Å²) in [4.78, 5) is 4.38. The van der Waals surface area contributed by atoms with Gasteiger partial charge in [-0.3, -0.25) is 0 Å². The Balaban J connectivity index is 2.34. The van der Waals surface area contributed by atoms with Crippen molar-refractivity contribution in [1.82, 2.24) is 4.98 Å². The fourth-order valence-corrected chi connectivity index (χ4v) is 3.01. The zero-order valence-electron chi connectivity index (χ0n) is 10.7. The Bertz CT molecular complexity index is 698. The predicted octanol–water partition coefficient (Wildman–Crippen LogP) is 4.07. The number of halogens is 1. The molecule has 0 N–H and O–H groups in total. The Kier molecular flexibility index (Phi) is 3.00. The minimum absolute atomic E-state index is 0.333. The summed E-state index contributed by atoms with van der Waals surface area (Å²) in [5.74, 6) is 0. The monoisotopic (exact) mass is 268 g/mol. The molecule has 2 aromatic rings. The first kappa shape index (κ1) is 12.2. The molecule has 0 amide bonds. The van der Waals surface area contributed by atoms with Crippen LogP contribution in [0.3, 0.4) is 0 Å². The Hall–Kier alpha value is -1.85. The average molecular weight is 269 g/mol. The molecule has 0 fully saturated rings. The van der Waals surface area contributed by atoms with Crippen LogP contribution in [0, 0.1) is 18.3 Å². The van der Waals surface area contributed by atoms with Crippen molar-refractivity contribution in [3.05, 3.63) is 51.8 Å². The Morgan fingerprint density at radius 3 is 2.89 bits per heavy atom. The summed E-state index contributed by atoms with van der Waals surface area (Å²) >= 11 is 6.17. The molecular formula is C16H13ClN2. The molecule has 94 valence electrons. The second-order valence-electron chi connectivity index (χ2n) is 4.91. The lowest BCUT2D eigenvalue weighted by Gasteiger charge is -2.12. The van der Waals surface area contributed by atoms with Crippen LogP contribution in [0.1, 0.15) is 28.8 Å². The van der Waals surface area contributed by atoms with Crippen LogP contribution in [-0.2, 0) is 12.8 Å². The first-order chi connectivity index (χ1) is 9.20. The van der Waals surface area contributed by atoms with E-state index in [-0.39, 0.29) is 0 Å². The molecule has 3 heteroatoms. The predicted molar refractivity (Wildman–Crippen MR) is 76.2 cm³/mol. The summed E-state index contributed by atoms with van der Waals surface area (Å²) in [5.41, 5.74) is 6.00. The van der Waals surface area contributed by atoms with E-state index in [1.165, 1.54) is 11.1 Å². The Morgan fingerprint density at radius 2 is 2.16 bits per heavy atom. The van der Waals surface area contributed by atoms with Gasteiger partial charge in [0.25, 0.3) is 0 Å². The summed E-state index contributed by atoms with van der Waals surface area (Å²) in [5, 5.41) is 9.72. The maximum atomic E-state index is 9.39. The molecule has 0 saturated carbocycles. The van der Waals surface area contributed by atoms with Crippen LogP contribution in [0.2, 0.25) is 5.15 Å². The number of nitriles is 1. The van der Waals surface area contributed by atoms with Gasteiger partial charge in [0, 0.05) is 11.3 Å². The van der Waals surface area contributed by atoms with Crippen molar-refractivity contribution in [2.24, 2.45) is 0 Å². The Labute approximate surface area is 117 Å². The summed E-state index contributed by atoms with van der Waals surface area (Å²) in [6, 6.07) is 10.4. The van der Waals surface area contributed by atoms with Crippen LogP contribution >= 0.6 is 11.6 Å². The highest BCUT2D eigenvalue weighted by atomic mass is 35.5. The molecule has 0 unspecified atom stereocenters. The number of benzene rings is 1. The van der Waals surface area contributed by atoms with Crippen molar-refractivity contribution in [3.63, 3.8) is 0 Å². The van der Waals surface area contributed by atoms with Gasteiger partial charge in [-0.25, -0.2) is 4.98 Å². The summed E-state index contributed by atoms with van der Waals surface area (Å²) in [6.07, 6.45) is 3.03. The molecule has 1 aromatic carbocycles. The lowest BCUT2D eigenvalue weighted by molar-refractivity contribution is 0.899. The number of nitrogens with zero attached hydrogens (tertiary/aromatic N) is 2. The highest BCUT2D eigenvalue weighted by Gasteiger charge is 2.23. The molecule has 1 aromatic heterocycles. The van der Waals surface area contributed by atoms with Crippen LogP contribution in [0.25, 0.3) is 11.1 Å². The van der Waals surface area contributed by atoms with Crippen molar-refractivity contribution in [1.29, 1.82) is 5.26 Å². The smallest absolute Gasteiger partial charge is 0.147 e. The molecule has 0 spiro atoms. The highest BCUT2D eigenvalue weighted by Crippen LogP contribution is 2.37. The maximum Gasteiger partial charge on any atom is 0.147 e. The Morgan fingerprint density at radius 1 is 1.32 bits per heavy atom. The summed E-state index contributed by atoms with van der Waals surface area (Å²) < 4.78 is 0. The lowest BCUT2D eigenvalue weighted by Crippen LogP contribution is -1.98. The molecule has 1 aliphatic carbocycles. The molecule has 0 saturated heterocycles. The topological polar surface area (TPSA) is 36.7 Å². The van der Waals surface area contributed by atoms with E-state index in [0.717, 1.165) is 36.1 Å². The van der Waals surface area contributed by atoms with Gasteiger partial charge in [-0.05, 0) is 37.3 Å². The van der Waals surface area contributed by atoms with E-state index in [1.54, 1.807) is 0 Å². The number of aryl methyl sites for hydroxylation is 2. The normalized spacial score (nSPS) is 13.1. The molecule has 0 aliphatic heterocycles. The summed E-state index contributed by atoms with van der Waals surface area (Å²) in [6.45, 7) is 2.05. The highest BCUT2D eigenvalue weighted by molar-refractivity contribution is 6.31. The molecule has 19 heavy (non-hydrogen) atoms. The van der Waals surface area contributed by atoms with Gasteiger partial charge in [-0.2, -0.15) is 5.26 Å². The van der Waals surface area contributed by atoms with Crippen molar-refractivity contribution < 1.29 is 0 Å². The fraction of sp³-hybridized carbons (Fsp3) is 0.250. The maximum absolute atomic E-state index is 9.39. The number of rotatable bonds is 1. The van der Waals surface area contributed by atoms with Crippen LogP contribution < -0.4 is 0 Å². The molecule has 2 nitrogen and oxygen atoms in total. The molecule has 0 bridgehead atoms.